The summed E-state index contributed by atoms with van der Waals surface area (Å²) in [6, 6.07) is 2.71. The summed E-state index contributed by atoms with van der Waals surface area (Å²) in [6.07, 6.45) is 0. The molecule has 0 aliphatic carbocycles. The highest BCUT2D eigenvalue weighted by Gasteiger charge is 2.21. The number of aromatic carboxylic acids is 1. The van der Waals surface area contributed by atoms with E-state index >= 15 is 0 Å². The molecular formula is C12H13NO5S2. The molecule has 2 N–H and O–H groups in total. The predicted octanol–water partition coefficient (Wildman–Crippen LogP) is 2.13. The van der Waals surface area contributed by atoms with Crippen molar-refractivity contribution in [3.8, 4) is 0 Å². The molecule has 8 heteroatoms. The van der Waals surface area contributed by atoms with E-state index in [0.717, 1.165) is 0 Å². The summed E-state index contributed by atoms with van der Waals surface area (Å²) in [4.78, 5) is 11.6. The molecule has 0 unspecified atom stereocenters. The van der Waals surface area contributed by atoms with Gasteiger partial charge in [-0.2, -0.15) is 0 Å². The Morgan fingerprint density at radius 3 is 2.60 bits per heavy atom. The maximum absolute atomic E-state index is 12.2. The van der Waals surface area contributed by atoms with Crippen molar-refractivity contribution >= 4 is 27.3 Å². The van der Waals surface area contributed by atoms with Gasteiger partial charge in [0, 0.05) is 4.88 Å². The predicted molar refractivity (Wildman–Crippen MR) is 73.5 cm³/mol. The molecule has 2 heterocycles. The first-order valence-electron chi connectivity index (χ1n) is 5.67. The van der Waals surface area contributed by atoms with Crippen LogP contribution in [0.2, 0.25) is 0 Å². The summed E-state index contributed by atoms with van der Waals surface area (Å²) in [5.74, 6) is -1.16. The van der Waals surface area contributed by atoms with Gasteiger partial charge in [-0.3, -0.25) is 0 Å². The molecule has 0 saturated heterocycles. The van der Waals surface area contributed by atoms with Crippen LogP contribution in [0.3, 0.4) is 0 Å². The second kappa shape index (κ2) is 5.39. The van der Waals surface area contributed by atoms with Gasteiger partial charge < -0.3 is 9.52 Å². The molecule has 0 aliphatic rings. The maximum atomic E-state index is 12.2. The number of nitrogens with one attached hydrogen (secondary N) is 1. The molecule has 0 atom stereocenters. The van der Waals surface area contributed by atoms with E-state index in [9.17, 15) is 13.2 Å². The van der Waals surface area contributed by atoms with Gasteiger partial charge in [0.25, 0.3) is 0 Å². The first kappa shape index (κ1) is 14.8. The molecule has 20 heavy (non-hydrogen) atoms. The average Bonchev–Trinajstić information content (AvgIpc) is 2.94. The van der Waals surface area contributed by atoms with Crippen molar-refractivity contribution in [2.24, 2.45) is 0 Å². The normalized spacial score (nSPS) is 11.7. The Bertz CT molecular complexity index is 722. The van der Waals surface area contributed by atoms with E-state index in [2.05, 4.69) is 4.72 Å². The molecular weight excluding hydrogens is 302 g/mol. The number of rotatable bonds is 5. The average molecular weight is 315 g/mol. The zero-order chi connectivity index (χ0) is 14.9. The van der Waals surface area contributed by atoms with Gasteiger partial charge in [0.05, 0.1) is 11.4 Å². The highest BCUT2D eigenvalue weighted by molar-refractivity contribution is 7.89. The lowest BCUT2D eigenvalue weighted by Gasteiger charge is -2.06. The standard InChI is InChI=1S/C12H13NO5S2/c1-7-6-19-8(2)11(7)20(16,17)13-5-9-3-4-10(18-9)12(14)15/h3-4,6,13H,5H2,1-2H3,(H,14,15). The zero-order valence-corrected chi connectivity index (χ0v) is 12.5. The largest absolute Gasteiger partial charge is 0.475 e. The number of furan rings is 1. The van der Waals surface area contributed by atoms with Crippen LogP contribution in [0.15, 0.2) is 26.8 Å². The number of sulfonamides is 1. The molecule has 2 aromatic heterocycles. The summed E-state index contributed by atoms with van der Waals surface area (Å²) < 4.78 is 31.8. The lowest BCUT2D eigenvalue weighted by molar-refractivity contribution is 0.0660. The summed E-state index contributed by atoms with van der Waals surface area (Å²) in [5.41, 5.74) is 0.686. The molecule has 0 saturated carbocycles. The van der Waals surface area contributed by atoms with Crippen LogP contribution in [0.1, 0.15) is 26.8 Å². The van der Waals surface area contributed by atoms with Crippen molar-refractivity contribution < 1.29 is 22.7 Å². The molecule has 0 aliphatic heterocycles. The molecule has 2 aromatic rings. The lowest BCUT2D eigenvalue weighted by atomic mass is 10.3. The molecule has 0 amide bonds. The fourth-order valence-corrected chi connectivity index (χ4v) is 4.41. The smallest absolute Gasteiger partial charge is 0.371 e. The molecule has 0 fully saturated rings. The van der Waals surface area contributed by atoms with Gasteiger partial charge in [-0.1, -0.05) is 0 Å². The van der Waals surface area contributed by atoms with Crippen LogP contribution in [-0.4, -0.2) is 19.5 Å². The Kier molecular flexibility index (Phi) is 3.98. The number of aryl methyl sites for hydroxylation is 2. The van der Waals surface area contributed by atoms with Crippen LogP contribution in [0.25, 0.3) is 0 Å². The van der Waals surface area contributed by atoms with Crippen molar-refractivity contribution in [3.05, 3.63) is 39.5 Å². The minimum atomic E-state index is -3.63. The first-order chi connectivity index (χ1) is 9.31. The fraction of sp³-hybridized carbons (Fsp3) is 0.250. The van der Waals surface area contributed by atoms with Gasteiger partial charge in [-0.05, 0) is 36.9 Å². The zero-order valence-electron chi connectivity index (χ0n) is 10.8. The van der Waals surface area contributed by atoms with E-state index in [1.165, 1.54) is 23.5 Å². The quantitative estimate of drug-likeness (QED) is 0.881. The Morgan fingerprint density at radius 1 is 1.40 bits per heavy atom. The van der Waals surface area contributed by atoms with E-state index in [1.54, 1.807) is 19.2 Å². The molecule has 0 bridgehead atoms. The molecule has 0 aromatic carbocycles. The van der Waals surface area contributed by atoms with Crippen molar-refractivity contribution in [2.45, 2.75) is 25.3 Å². The molecule has 0 radical (unpaired) electrons. The van der Waals surface area contributed by atoms with Gasteiger partial charge in [-0.15, -0.1) is 11.3 Å². The van der Waals surface area contributed by atoms with E-state index in [0.29, 0.717) is 10.4 Å². The van der Waals surface area contributed by atoms with Gasteiger partial charge in [0.2, 0.25) is 15.8 Å². The van der Waals surface area contributed by atoms with Crippen LogP contribution in [0.5, 0.6) is 0 Å². The maximum Gasteiger partial charge on any atom is 0.371 e. The number of carboxylic acids is 1. The Balaban J connectivity index is 2.15. The number of carboxylic acid groups (broad SMARTS) is 1. The topological polar surface area (TPSA) is 96.6 Å². The molecule has 108 valence electrons. The second-order valence-electron chi connectivity index (χ2n) is 4.20. The fourth-order valence-electron chi connectivity index (χ4n) is 1.79. The van der Waals surface area contributed by atoms with Crippen LogP contribution in [-0.2, 0) is 16.6 Å². The van der Waals surface area contributed by atoms with E-state index in [-0.39, 0.29) is 23.0 Å². The molecule has 0 spiro atoms. The van der Waals surface area contributed by atoms with Crippen LogP contribution in [0, 0.1) is 13.8 Å². The molecule has 6 nitrogen and oxygen atoms in total. The van der Waals surface area contributed by atoms with Gasteiger partial charge in [-0.25, -0.2) is 17.9 Å². The van der Waals surface area contributed by atoms with Crippen LogP contribution >= 0.6 is 11.3 Å². The lowest BCUT2D eigenvalue weighted by Crippen LogP contribution is -2.23. The summed E-state index contributed by atoms with van der Waals surface area (Å²) >= 11 is 1.37. The number of hydrogen-bond donors (Lipinski definition) is 2. The van der Waals surface area contributed by atoms with Crippen molar-refractivity contribution in [3.63, 3.8) is 0 Å². The van der Waals surface area contributed by atoms with Gasteiger partial charge in [0.15, 0.2) is 0 Å². The van der Waals surface area contributed by atoms with Crippen molar-refractivity contribution in [2.75, 3.05) is 0 Å². The third-order valence-corrected chi connectivity index (χ3v) is 5.52. The van der Waals surface area contributed by atoms with Gasteiger partial charge >= 0.3 is 5.97 Å². The number of thiophene rings is 1. The SMILES string of the molecule is Cc1csc(C)c1S(=O)(=O)NCc1ccc(C(=O)O)o1. The highest BCUT2D eigenvalue weighted by Crippen LogP contribution is 2.25. The third kappa shape index (κ3) is 2.92. The Hall–Kier alpha value is -1.64. The minimum Gasteiger partial charge on any atom is -0.475 e. The third-order valence-electron chi connectivity index (χ3n) is 2.67. The van der Waals surface area contributed by atoms with Gasteiger partial charge in [0.1, 0.15) is 5.76 Å². The highest BCUT2D eigenvalue weighted by atomic mass is 32.2. The summed E-state index contributed by atoms with van der Waals surface area (Å²) in [5, 5.41) is 10.5. The summed E-state index contributed by atoms with van der Waals surface area (Å²) in [7, 11) is -3.63. The van der Waals surface area contributed by atoms with E-state index < -0.39 is 16.0 Å². The number of hydrogen-bond acceptors (Lipinski definition) is 5. The van der Waals surface area contributed by atoms with Crippen LogP contribution < -0.4 is 4.72 Å². The monoisotopic (exact) mass is 315 g/mol. The van der Waals surface area contributed by atoms with E-state index in [1.807, 2.05) is 0 Å². The second-order valence-corrected chi connectivity index (χ2v) is 6.99. The van der Waals surface area contributed by atoms with Crippen molar-refractivity contribution in [1.82, 2.24) is 4.72 Å². The van der Waals surface area contributed by atoms with Crippen LogP contribution in [0.4, 0.5) is 0 Å². The Morgan fingerprint density at radius 2 is 2.10 bits per heavy atom. The number of carbonyl (C=O) groups is 1. The first-order valence-corrected chi connectivity index (χ1v) is 8.04. The minimum absolute atomic E-state index is 0.0929. The Labute approximate surface area is 120 Å². The van der Waals surface area contributed by atoms with Crippen molar-refractivity contribution in [1.29, 1.82) is 0 Å². The van der Waals surface area contributed by atoms with E-state index in [4.69, 9.17) is 9.52 Å². The summed E-state index contributed by atoms with van der Waals surface area (Å²) in [6.45, 7) is 3.37. The molecule has 2 rings (SSSR count).